The fraction of sp³-hybridized carbons (Fsp3) is 0.667. The lowest BCUT2D eigenvalue weighted by Gasteiger charge is -2.21. The standard InChI is InChI=1S/C15H22N2OS/c1-11(8-14-6-3-7-19-14)16-15(18)17-9-12-4-2-5-13(12)10-17/h3,6-7,11-13H,2,4-5,8-10H2,1H3,(H,16,18)/t11-,12+,13+/m1/s1. The molecule has 2 aliphatic rings. The van der Waals surface area contributed by atoms with Crippen molar-refractivity contribution in [2.24, 2.45) is 11.8 Å². The largest absolute Gasteiger partial charge is 0.335 e. The summed E-state index contributed by atoms with van der Waals surface area (Å²) in [4.78, 5) is 15.6. The van der Waals surface area contributed by atoms with E-state index in [2.05, 4.69) is 29.8 Å². The number of likely N-dealkylation sites (tertiary alicyclic amines) is 1. The van der Waals surface area contributed by atoms with Crippen molar-refractivity contribution >= 4 is 17.4 Å². The van der Waals surface area contributed by atoms with Crippen molar-refractivity contribution < 1.29 is 4.79 Å². The molecule has 1 saturated carbocycles. The van der Waals surface area contributed by atoms with Crippen LogP contribution < -0.4 is 5.32 Å². The number of carbonyl (C=O) groups is 1. The van der Waals surface area contributed by atoms with Gasteiger partial charge in [0.15, 0.2) is 0 Å². The van der Waals surface area contributed by atoms with Gasteiger partial charge in [-0.3, -0.25) is 0 Å². The van der Waals surface area contributed by atoms with Gasteiger partial charge in [-0.1, -0.05) is 12.5 Å². The number of nitrogens with one attached hydrogen (secondary N) is 1. The van der Waals surface area contributed by atoms with Crippen LogP contribution in [0.25, 0.3) is 0 Å². The maximum Gasteiger partial charge on any atom is 0.317 e. The van der Waals surface area contributed by atoms with Crippen LogP contribution in [0.15, 0.2) is 17.5 Å². The van der Waals surface area contributed by atoms with Crippen molar-refractivity contribution in [3.05, 3.63) is 22.4 Å². The zero-order valence-electron chi connectivity index (χ0n) is 11.5. The lowest BCUT2D eigenvalue weighted by Crippen LogP contribution is -2.43. The summed E-state index contributed by atoms with van der Waals surface area (Å²) in [5, 5.41) is 5.23. The Kier molecular flexibility index (Phi) is 3.78. The Bertz CT molecular complexity index is 419. The van der Waals surface area contributed by atoms with Crippen molar-refractivity contribution in [3.63, 3.8) is 0 Å². The van der Waals surface area contributed by atoms with Crippen LogP contribution in [0, 0.1) is 11.8 Å². The molecule has 1 N–H and O–H groups in total. The lowest BCUT2D eigenvalue weighted by atomic mass is 10.0. The SMILES string of the molecule is C[C@H](Cc1cccs1)NC(=O)N1C[C@@H]2CCC[C@H]2C1. The number of carbonyl (C=O) groups excluding carboxylic acids is 1. The van der Waals surface area contributed by atoms with Crippen LogP contribution >= 0.6 is 11.3 Å². The molecule has 0 bridgehead atoms. The smallest absolute Gasteiger partial charge is 0.317 e. The third kappa shape index (κ3) is 2.94. The fourth-order valence-electron chi connectivity index (χ4n) is 3.48. The van der Waals surface area contributed by atoms with E-state index in [1.807, 2.05) is 4.90 Å². The second-order valence-corrected chi connectivity index (χ2v) is 7.02. The second kappa shape index (κ2) is 5.53. The minimum Gasteiger partial charge on any atom is -0.335 e. The van der Waals surface area contributed by atoms with Gasteiger partial charge >= 0.3 is 6.03 Å². The first-order valence-electron chi connectivity index (χ1n) is 7.30. The van der Waals surface area contributed by atoms with Crippen molar-refractivity contribution in [1.82, 2.24) is 10.2 Å². The number of thiophene rings is 1. The predicted octanol–water partition coefficient (Wildman–Crippen LogP) is 3.12. The van der Waals surface area contributed by atoms with Gasteiger partial charge in [0.25, 0.3) is 0 Å². The Morgan fingerprint density at radius 2 is 2.21 bits per heavy atom. The monoisotopic (exact) mass is 278 g/mol. The van der Waals surface area contributed by atoms with Crippen LogP contribution in [0.2, 0.25) is 0 Å². The summed E-state index contributed by atoms with van der Waals surface area (Å²) in [5.41, 5.74) is 0. The predicted molar refractivity (Wildman–Crippen MR) is 78.4 cm³/mol. The molecule has 2 heterocycles. The lowest BCUT2D eigenvalue weighted by molar-refractivity contribution is 0.201. The Morgan fingerprint density at radius 3 is 2.84 bits per heavy atom. The summed E-state index contributed by atoms with van der Waals surface area (Å²) < 4.78 is 0. The topological polar surface area (TPSA) is 32.3 Å². The third-order valence-corrected chi connectivity index (χ3v) is 5.37. The molecule has 4 heteroatoms. The van der Waals surface area contributed by atoms with Gasteiger partial charge in [0.1, 0.15) is 0 Å². The average molecular weight is 278 g/mol. The molecule has 3 atom stereocenters. The van der Waals surface area contributed by atoms with Gasteiger partial charge in [-0.25, -0.2) is 4.79 Å². The van der Waals surface area contributed by atoms with E-state index < -0.39 is 0 Å². The summed E-state index contributed by atoms with van der Waals surface area (Å²) in [6.45, 7) is 4.04. The Hall–Kier alpha value is -1.03. The number of amides is 2. The van der Waals surface area contributed by atoms with Crippen molar-refractivity contribution in [1.29, 1.82) is 0 Å². The molecule has 1 saturated heterocycles. The molecule has 2 amide bonds. The molecule has 2 fully saturated rings. The Balaban J connectivity index is 1.48. The van der Waals surface area contributed by atoms with Crippen LogP contribution in [0.3, 0.4) is 0 Å². The summed E-state index contributed by atoms with van der Waals surface area (Å²) in [5.74, 6) is 1.55. The molecule has 0 aromatic carbocycles. The van der Waals surface area contributed by atoms with E-state index in [9.17, 15) is 4.79 Å². The van der Waals surface area contributed by atoms with Crippen LogP contribution in [0.1, 0.15) is 31.1 Å². The van der Waals surface area contributed by atoms with Crippen LogP contribution in [0.5, 0.6) is 0 Å². The summed E-state index contributed by atoms with van der Waals surface area (Å²) in [6.07, 6.45) is 4.93. The van der Waals surface area contributed by atoms with Gasteiger partial charge in [0, 0.05) is 30.4 Å². The Labute approximate surface area is 119 Å². The number of hydrogen-bond acceptors (Lipinski definition) is 2. The number of hydrogen-bond donors (Lipinski definition) is 1. The molecule has 19 heavy (non-hydrogen) atoms. The molecule has 0 radical (unpaired) electrons. The summed E-state index contributed by atoms with van der Waals surface area (Å²) in [7, 11) is 0. The minimum absolute atomic E-state index is 0.137. The number of urea groups is 1. The molecular formula is C15H22N2OS. The van der Waals surface area contributed by atoms with E-state index in [4.69, 9.17) is 0 Å². The zero-order valence-corrected chi connectivity index (χ0v) is 12.3. The highest BCUT2D eigenvalue weighted by atomic mass is 32.1. The maximum absolute atomic E-state index is 12.2. The summed E-state index contributed by atoms with van der Waals surface area (Å²) in [6, 6.07) is 4.55. The molecule has 1 aliphatic carbocycles. The van der Waals surface area contributed by atoms with Gasteiger partial charge in [0.05, 0.1) is 0 Å². The van der Waals surface area contributed by atoms with Crippen LogP contribution in [-0.2, 0) is 6.42 Å². The van der Waals surface area contributed by atoms with E-state index in [1.165, 1.54) is 24.1 Å². The van der Waals surface area contributed by atoms with E-state index >= 15 is 0 Å². The highest BCUT2D eigenvalue weighted by Crippen LogP contribution is 2.37. The fourth-order valence-corrected chi connectivity index (χ4v) is 4.32. The number of fused-ring (bicyclic) bond motifs is 1. The highest BCUT2D eigenvalue weighted by molar-refractivity contribution is 7.09. The van der Waals surface area contributed by atoms with Crippen LogP contribution in [0.4, 0.5) is 4.79 Å². The van der Waals surface area contributed by atoms with E-state index in [-0.39, 0.29) is 12.1 Å². The van der Waals surface area contributed by atoms with Gasteiger partial charge < -0.3 is 10.2 Å². The first-order chi connectivity index (χ1) is 9.22. The molecule has 1 aromatic rings. The maximum atomic E-state index is 12.2. The highest BCUT2D eigenvalue weighted by Gasteiger charge is 2.38. The number of nitrogens with zero attached hydrogens (tertiary/aromatic N) is 1. The molecule has 1 aliphatic heterocycles. The minimum atomic E-state index is 0.137. The average Bonchev–Trinajstić information content (AvgIpc) is 3.02. The molecule has 3 nitrogen and oxygen atoms in total. The molecule has 104 valence electrons. The van der Waals surface area contributed by atoms with Gasteiger partial charge in [-0.05, 0) is 43.0 Å². The van der Waals surface area contributed by atoms with Crippen molar-refractivity contribution in [3.8, 4) is 0 Å². The van der Waals surface area contributed by atoms with E-state index in [0.29, 0.717) is 0 Å². The van der Waals surface area contributed by atoms with Gasteiger partial charge in [0.2, 0.25) is 0 Å². The molecule has 0 spiro atoms. The van der Waals surface area contributed by atoms with E-state index in [1.54, 1.807) is 11.3 Å². The quantitative estimate of drug-likeness (QED) is 0.905. The summed E-state index contributed by atoms with van der Waals surface area (Å²) >= 11 is 1.76. The van der Waals surface area contributed by atoms with Crippen molar-refractivity contribution in [2.75, 3.05) is 13.1 Å². The zero-order chi connectivity index (χ0) is 13.2. The normalized spacial score (nSPS) is 27.3. The molecular weight excluding hydrogens is 256 g/mol. The molecule has 1 aromatic heterocycles. The first-order valence-corrected chi connectivity index (χ1v) is 8.18. The van der Waals surface area contributed by atoms with Crippen LogP contribution in [-0.4, -0.2) is 30.1 Å². The van der Waals surface area contributed by atoms with Crippen molar-refractivity contribution in [2.45, 2.75) is 38.6 Å². The van der Waals surface area contributed by atoms with Gasteiger partial charge in [-0.15, -0.1) is 11.3 Å². The molecule has 3 rings (SSSR count). The second-order valence-electron chi connectivity index (χ2n) is 5.99. The van der Waals surface area contributed by atoms with E-state index in [0.717, 1.165) is 31.3 Å². The first kappa shape index (κ1) is 13.0. The number of rotatable bonds is 3. The van der Waals surface area contributed by atoms with Gasteiger partial charge in [-0.2, -0.15) is 0 Å². The third-order valence-electron chi connectivity index (χ3n) is 4.47. The Morgan fingerprint density at radius 1 is 1.47 bits per heavy atom. The molecule has 0 unspecified atom stereocenters.